The topological polar surface area (TPSA) is 17.1 Å². The van der Waals surface area contributed by atoms with Crippen molar-refractivity contribution in [2.24, 2.45) is 0 Å². The molecule has 0 saturated carbocycles. The number of aryl methyl sites for hydroxylation is 1. The Kier molecular flexibility index (Phi) is 4.83. The number of carbonyl (C=O) groups excluding carboxylic acids is 1. The van der Waals surface area contributed by atoms with E-state index < -0.39 is 0 Å². The summed E-state index contributed by atoms with van der Waals surface area (Å²) in [6.07, 6.45) is 2.35. The van der Waals surface area contributed by atoms with Crippen LogP contribution in [0.5, 0.6) is 0 Å². The molecular formula is C13H17ClO. The van der Waals surface area contributed by atoms with Gasteiger partial charge < -0.3 is 0 Å². The van der Waals surface area contributed by atoms with E-state index in [0.717, 1.165) is 12.8 Å². The number of halogens is 1. The van der Waals surface area contributed by atoms with Crippen molar-refractivity contribution in [1.29, 1.82) is 0 Å². The van der Waals surface area contributed by atoms with Crippen LogP contribution in [0.15, 0.2) is 24.3 Å². The summed E-state index contributed by atoms with van der Waals surface area (Å²) in [6, 6.07) is 8.58. The van der Waals surface area contributed by atoms with E-state index in [0.29, 0.717) is 12.3 Å². The van der Waals surface area contributed by atoms with Crippen LogP contribution in [-0.4, -0.2) is 5.24 Å². The molecule has 0 aliphatic heterocycles. The Hall–Kier alpha value is -0.820. The van der Waals surface area contributed by atoms with E-state index in [9.17, 15) is 4.79 Å². The van der Waals surface area contributed by atoms with Gasteiger partial charge in [0.25, 0.3) is 0 Å². The summed E-state index contributed by atoms with van der Waals surface area (Å²) in [5.74, 6) is 0.401. The molecule has 15 heavy (non-hydrogen) atoms. The maximum absolute atomic E-state index is 10.6. The van der Waals surface area contributed by atoms with Gasteiger partial charge in [0, 0.05) is 6.42 Å². The van der Waals surface area contributed by atoms with Crippen molar-refractivity contribution in [3.63, 3.8) is 0 Å². The van der Waals surface area contributed by atoms with Gasteiger partial charge in [-0.3, -0.25) is 4.79 Å². The lowest BCUT2D eigenvalue weighted by Gasteiger charge is -2.10. The smallest absolute Gasteiger partial charge is 0.221 e. The Morgan fingerprint density at radius 1 is 1.33 bits per heavy atom. The lowest BCUT2D eigenvalue weighted by Crippen LogP contribution is -1.96. The van der Waals surface area contributed by atoms with Crippen LogP contribution in [0.2, 0.25) is 0 Å². The van der Waals surface area contributed by atoms with Crippen molar-refractivity contribution in [3.05, 3.63) is 35.4 Å². The van der Waals surface area contributed by atoms with Crippen LogP contribution >= 0.6 is 11.6 Å². The molecule has 1 rings (SSSR count). The third-order valence-corrected chi connectivity index (χ3v) is 2.92. The lowest BCUT2D eigenvalue weighted by molar-refractivity contribution is -0.111. The first-order valence-corrected chi connectivity index (χ1v) is 5.78. The molecule has 1 aromatic carbocycles. The first-order valence-electron chi connectivity index (χ1n) is 5.40. The number of carbonyl (C=O) groups is 1. The highest BCUT2D eigenvalue weighted by atomic mass is 35.5. The molecule has 1 aromatic rings. The summed E-state index contributed by atoms with van der Waals surface area (Å²) >= 11 is 5.32. The highest BCUT2D eigenvalue weighted by Crippen LogP contribution is 2.21. The molecule has 82 valence electrons. The van der Waals surface area contributed by atoms with Gasteiger partial charge in [0.05, 0.1) is 0 Å². The minimum Gasteiger partial charge on any atom is -0.281 e. The van der Waals surface area contributed by atoms with Crippen molar-refractivity contribution in [2.75, 3.05) is 0 Å². The monoisotopic (exact) mass is 224 g/mol. The molecular weight excluding hydrogens is 208 g/mol. The van der Waals surface area contributed by atoms with E-state index in [1.54, 1.807) is 0 Å². The molecule has 0 spiro atoms. The van der Waals surface area contributed by atoms with Crippen LogP contribution in [0.3, 0.4) is 0 Å². The molecule has 2 heteroatoms. The Morgan fingerprint density at radius 3 is 2.40 bits per heavy atom. The Morgan fingerprint density at radius 2 is 1.93 bits per heavy atom. The summed E-state index contributed by atoms with van der Waals surface area (Å²) < 4.78 is 0. The van der Waals surface area contributed by atoms with Gasteiger partial charge in [-0.05, 0) is 41.5 Å². The molecule has 1 atom stereocenters. The third kappa shape index (κ3) is 4.05. The highest BCUT2D eigenvalue weighted by Gasteiger charge is 2.07. The van der Waals surface area contributed by atoms with E-state index in [2.05, 4.69) is 38.1 Å². The molecule has 0 fully saturated rings. The van der Waals surface area contributed by atoms with E-state index >= 15 is 0 Å². The molecule has 0 aliphatic rings. The van der Waals surface area contributed by atoms with Crippen molar-refractivity contribution < 1.29 is 4.79 Å². The fourth-order valence-electron chi connectivity index (χ4n) is 1.58. The number of benzene rings is 1. The van der Waals surface area contributed by atoms with Gasteiger partial charge in [-0.15, -0.1) is 0 Å². The summed E-state index contributed by atoms with van der Waals surface area (Å²) in [5, 5.41) is -0.243. The average molecular weight is 225 g/mol. The molecule has 0 N–H and O–H groups in total. The zero-order valence-corrected chi connectivity index (χ0v) is 10.1. The van der Waals surface area contributed by atoms with Crippen molar-refractivity contribution in [2.45, 2.75) is 39.0 Å². The van der Waals surface area contributed by atoms with Crippen LogP contribution < -0.4 is 0 Å². The fourth-order valence-corrected chi connectivity index (χ4v) is 1.69. The second-order valence-corrected chi connectivity index (χ2v) is 4.31. The normalized spacial score (nSPS) is 12.5. The quantitative estimate of drug-likeness (QED) is 0.694. The number of hydrogen-bond donors (Lipinski definition) is 0. The molecule has 1 unspecified atom stereocenters. The zero-order chi connectivity index (χ0) is 11.3. The second-order valence-electron chi connectivity index (χ2n) is 3.89. The molecule has 0 aromatic heterocycles. The van der Waals surface area contributed by atoms with E-state index in [1.165, 1.54) is 11.1 Å². The minimum atomic E-state index is -0.243. The van der Waals surface area contributed by atoms with Gasteiger partial charge in [0.2, 0.25) is 5.24 Å². The van der Waals surface area contributed by atoms with Crippen molar-refractivity contribution in [3.8, 4) is 0 Å². The molecule has 1 nitrogen and oxygen atoms in total. The van der Waals surface area contributed by atoms with Gasteiger partial charge in [0.15, 0.2) is 0 Å². The largest absolute Gasteiger partial charge is 0.281 e. The van der Waals surface area contributed by atoms with Gasteiger partial charge in [0.1, 0.15) is 0 Å². The predicted octanol–water partition coefficient (Wildman–Crippen LogP) is 3.90. The average Bonchev–Trinajstić information content (AvgIpc) is 2.26. The summed E-state index contributed by atoms with van der Waals surface area (Å²) in [6.45, 7) is 4.27. The van der Waals surface area contributed by atoms with Crippen LogP contribution in [-0.2, 0) is 11.2 Å². The van der Waals surface area contributed by atoms with Crippen LogP contribution in [0, 0.1) is 0 Å². The SMILES string of the molecule is CCc1ccc(C(C)CCC(=O)Cl)cc1. The molecule has 0 heterocycles. The number of rotatable bonds is 5. The van der Waals surface area contributed by atoms with Crippen molar-refractivity contribution in [1.82, 2.24) is 0 Å². The Balaban J connectivity index is 2.57. The Labute approximate surface area is 96.5 Å². The van der Waals surface area contributed by atoms with Gasteiger partial charge in [-0.2, -0.15) is 0 Å². The van der Waals surface area contributed by atoms with E-state index in [4.69, 9.17) is 11.6 Å². The first kappa shape index (κ1) is 12.3. The molecule has 0 bridgehead atoms. The summed E-state index contributed by atoms with van der Waals surface area (Å²) in [5.41, 5.74) is 2.63. The maximum Gasteiger partial charge on any atom is 0.221 e. The summed E-state index contributed by atoms with van der Waals surface area (Å²) in [4.78, 5) is 10.6. The maximum atomic E-state index is 10.6. The predicted molar refractivity (Wildman–Crippen MR) is 64.3 cm³/mol. The van der Waals surface area contributed by atoms with Gasteiger partial charge in [-0.1, -0.05) is 38.1 Å². The zero-order valence-electron chi connectivity index (χ0n) is 9.29. The first-order chi connectivity index (χ1) is 7.13. The van der Waals surface area contributed by atoms with Crippen molar-refractivity contribution >= 4 is 16.8 Å². The van der Waals surface area contributed by atoms with Gasteiger partial charge >= 0.3 is 0 Å². The molecule has 0 radical (unpaired) electrons. The van der Waals surface area contributed by atoms with E-state index in [-0.39, 0.29) is 5.24 Å². The molecule has 0 saturated heterocycles. The minimum absolute atomic E-state index is 0.243. The highest BCUT2D eigenvalue weighted by molar-refractivity contribution is 6.63. The number of hydrogen-bond acceptors (Lipinski definition) is 1. The van der Waals surface area contributed by atoms with Crippen LogP contribution in [0.4, 0.5) is 0 Å². The third-order valence-electron chi connectivity index (χ3n) is 2.73. The molecule has 0 aliphatic carbocycles. The lowest BCUT2D eigenvalue weighted by atomic mass is 9.95. The summed E-state index contributed by atoms with van der Waals surface area (Å²) in [7, 11) is 0. The van der Waals surface area contributed by atoms with Crippen LogP contribution in [0.1, 0.15) is 43.7 Å². The standard InChI is InChI=1S/C13H17ClO/c1-3-11-5-7-12(8-6-11)10(2)4-9-13(14)15/h5-8,10H,3-4,9H2,1-2H3. The van der Waals surface area contributed by atoms with E-state index in [1.807, 2.05) is 0 Å². The Bertz CT molecular complexity index is 316. The fraction of sp³-hybridized carbons (Fsp3) is 0.462. The molecule has 0 amide bonds. The second kappa shape index (κ2) is 5.92. The van der Waals surface area contributed by atoms with Crippen LogP contribution in [0.25, 0.3) is 0 Å². The van der Waals surface area contributed by atoms with Gasteiger partial charge in [-0.25, -0.2) is 0 Å².